The number of amides is 2. The highest BCUT2D eigenvalue weighted by atomic mass is 35.5. The minimum atomic E-state index is -0.951. The number of fused-ring (bicyclic) bond motifs is 1. The average molecular weight is 448 g/mol. The first-order valence-electron chi connectivity index (χ1n) is 9.61. The van der Waals surface area contributed by atoms with Gasteiger partial charge in [0.15, 0.2) is 0 Å². The molecule has 9 heteroatoms. The Kier molecular flexibility index (Phi) is 7.23. The number of rotatable bonds is 5. The minimum absolute atomic E-state index is 0.227. The summed E-state index contributed by atoms with van der Waals surface area (Å²) in [5, 5.41) is 7.12. The zero-order chi connectivity index (χ0) is 21.7. The maximum Gasteiger partial charge on any atom is 0.341 e. The van der Waals surface area contributed by atoms with E-state index in [9.17, 15) is 14.4 Å². The highest BCUT2D eigenvalue weighted by molar-refractivity contribution is 7.17. The van der Waals surface area contributed by atoms with Crippen molar-refractivity contribution in [3.63, 3.8) is 0 Å². The Labute approximate surface area is 183 Å². The Morgan fingerprint density at radius 2 is 2.07 bits per heavy atom. The molecule has 0 fully saturated rings. The molecule has 0 radical (unpaired) electrons. The van der Waals surface area contributed by atoms with Gasteiger partial charge in [0.05, 0.1) is 18.4 Å². The summed E-state index contributed by atoms with van der Waals surface area (Å²) in [6.45, 7) is 4.10. The maximum absolute atomic E-state index is 12.5. The van der Waals surface area contributed by atoms with Crippen LogP contribution in [0.5, 0.6) is 0 Å². The van der Waals surface area contributed by atoms with E-state index in [4.69, 9.17) is 16.3 Å². The highest BCUT2D eigenvalue weighted by Crippen LogP contribution is 2.40. The van der Waals surface area contributed by atoms with Crippen LogP contribution in [0.4, 0.5) is 5.00 Å². The van der Waals surface area contributed by atoms with Crippen LogP contribution in [0.25, 0.3) is 0 Å². The van der Waals surface area contributed by atoms with Crippen molar-refractivity contribution in [1.82, 2.24) is 5.43 Å². The van der Waals surface area contributed by atoms with Gasteiger partial charge in [-0.3, -0.25) is 9.59 Å². The molecule has 2 aromatic rings. The summed E-state index contributed by atoms with van der Waals surface area (Å²) >= 11 is 7.34. The van der Waals surface area contributed by atoms with Gasteiger partial charge in [0, 0.05) is 15.5 Å². The van der Waals surface area contributed by atoms with Crippen LogP contribution >= 0.6 is 22.9 Å². The molecule has 0 saturated heterocycles. The number of hydrazone groups is 1. The van der Waals surface area contributed by atoms with Gasteiger partial charge in [-0.1, -0.05) is 36.7 Å². The van der Waals surface area contributed by atoms with Crippen molar-refractivity contribution in [1.29, 1.82) is 0 Å². The molecule has 1 heterocycles. The van der Waals surface area contributed by atoms with Crippen molar-refractivity contribution in [2.45, 2.75) is 33.1 Å². The summed E-state index contributed by atoms with van der Waals surface area (Å²) in [4.78, 5) is 38.0. The van der Waals surface area contributed by atoms with E-state index < -0.39 is 17.8 Å². The van der Waals surface area contributed by atoms with Gasteiger partial charge in [-0.15, -0.1) is 11.3 Å². The number of hydrogen-bond donors (Lipinski definition) is 2. The molecule has 2 amide bonds. The van der Waals surface area contributed by atoms with Gasteiger partial charge in [0.1, 0.15) is 5.00 Å². The quantitative estimate of drug-likeness (QED) is 0.315. The normalized spacial score (nSPS) is 15.5. The molecule has 2 N–H and O–H groups in total. The topological polar surface area (TPSA) is 96.9 Å². The third-order valence-corrected chi connectivity index (χ3v) is 6.21. The van der Waals surface area contributed by atoms with Gasteiger partial charge in [-0.2, -0.15) is 5.10 Å². The molecule has 0 bridgehead atoms. The Bertz CT molecular complexity index is 1000. The second-order valence-corrected chi connectivity index (χ2v) is 8.46. The molecule has 1 atom stereocenters. The number of benzene rings is 1. The van der Waals surface area contributed by atoms with E-state index in [1.807, 2.05) is 0 Å². The number of esters is 1. The molecular weight excluding hydrogens is 426 g/mol. The summed E-state index contributed by atoms with van der Waals surface area (Å²) in [6, 6.07) is 6.96. The first-order chi connectivity index (χ1) is 14.4. The number of carbonyl (C=O) groups is 3. The van der Waals surface area contributed by atoms with E-state index in [1.165, 1.54) is 17.6 Å². The summed E-state index contributed by atoms with van der Waals surface area (Å²) in [7, 11) is 0. The van der Waals surface area contributed by atoms with Gasteiger partial charge in [-0.05, 0) is 43.7 Å². The van der Waals surface area contributed by atoms with Crippen LogP contribution in [0, 0.1) is 5.92 Å². The Morgan fingerprint density at radius 3 is 2.80 bits per heavy atom. The maximum atomic E-state index is 12.5. The van der Waals surface area contributed by atoms with Crippen LogP contribution in [0.1, 0.15) is 46.6 Å². The van der Waals surface area contributed by atoms with E-state index in [2.05, 4.69) is 22.8 Å². The van der Waals surface area contributed by atoms with Crippen molar-refractivity contribution in [2.75, 3.05) is 11.9 Å². The van der Waals surface area contributed by atoms with Crippen molar-refractivity contribution in [3.05, 3.63) is 50.9 Å². The van der Waals surface area contributed by atoms with Gasteiger partial charge in [0.2, 0.25) is 0 Å². The molecule has 1 aliphatic rings. The molecule has 158 valence electrons. The molecule has 0 saturated carbocycles. The molecule has 3 rings (SSSR count). The lowest BCUT2D eigenvalue weighted by molar-refractivity contribution is -0.136. The van der Waals surface area contributed by atoms with Gasteiger partial charge in [0.25, 0.3) is 0 Å². The lowest BCUT2D eigenvalue weighted by Gasteiger charge is -2.18. The average Bonchev–Trinajstić information content (AvgIpc) is 3.06. The Balaban J connectivity index is 1.73. The molecule has 0 spiro atoms. The van der Waals surface area contributed by atoms with Crippen molar-refractivity contribution in [3.8, 4) is 0 Å². The number of nitrogens with one attached hydrogen (secondary N) is 2. The van der Waals surface area contributed by atoms with Gasteiger partial charge < -0.3 is 10.1 Å². The Morgan fingerprint density at radius 1 is 1.30 bits per heavy atom. The fraction of sp³-hybridized carbons (Fsp3) is 0.333. The van der Waals surface area contributed by atoms with E-state index in [0.717, 1.165) is 29.7 Å². The monoisotopic (exact) mass is 447 g/mol. The Hall–Kier alpha value is -2.71. The predicted octanol–water partition coefficient (Wildman–Crippen LogP) is 3.79. The lowest BCUT2D eigenvalue weighted by atomic mass is 9.88. The molecule has 1 aromatic heterocycles. The van der Waals surface area contributed by atoms with E-state index in [-0.39, 0.29) is 6.61 Å². The SMILES string of the molecule is CCOC(=O)c1c(NC(=O)C(=O)N/N=C/c2ccccc2Cl)sc2c1CCC(C)C2. The van der Waals surface area contributed by atoms with Crippen molar-refractivity contribution < 1.29 is 19.1 Å². The third-order valence-electron chi connectivity index (χ3n) is 4.70. The molecule has 30 heavy (non-hydrogen) atoms. The lowest BCUT2D eigenvalue weighted by Crippen LogP contribution is -2.32. The van der Waals surface area contributed by atoms with E-state index in [0.29, 0.717) is 27.1 Å². The number of ether oxygens (including phenoxy) is 1. The zero-order valence-corrected chi connectivity index (χ0v) is 18.2. The number of nitrogens with zero attached hydrogens (tertiary/aromatic N) is 1. The predicted molar refractivity (Wildman–Crippen MR) is 117 cm³/mol. The summed E-state index contributed by atoms with van der Waals surface area (Å²) in [5.74, 6) is -1.86. The fourth-order valence-corrected chi connectivity index (χ4v) is 4.79. The standard InChI is InChI=1S/C21H22ClN3O4S/c1-3-29-21(28)17-14-9-8-12(2)10-16(14)30-20(17)24-18(26)19(27)25-23-11-13-6-4-5-7-15(13)22/h4-7,11-12H,3,8-10H2,1-2H3,(H,24,26)(H,25,27)/b23-11+. The van der Waals surface area contributed by atoms with Gasteiger partial charge >= 0.3 is 17.8 Å². The second kappa shape index (κ2) is 9.86. The molecule has 1 unspecified atom stereocenters. The van der Waals surface area contributed by atoms with E-state index >= 15 is 0 Å². The van der Waals surface area contributed by atoms with Crippen LogP contribution < -0.4 is 10.7 Å². The smallest absolute Gasteiger partial charge is 0.341 e. The zero-order valence-electron chi connectivity index (χ0n) is 16.7. The number of thiophene rings is 1. The van der Waals surface area contributed by atoms with E-state index in [1.54, 1.807) is 31.2 Å². The van der Waals surface area contributed by atoms with Crippen LogP contribution in [-0.4, -0.2) is 30.6 Å². The summed E-state index contributed by atoms with van der Waals surface area (Å²) < 4.78 is 5.17. The molecule has 0 aliphatic heterocycles. The van der Waals surface area contributed by atoms with Crippen molar-refractivity contribution in [2.24, 2.45) is 11.0 Å². The number of anilines is 1. The van der Waals surface area contributed by atoms with Crippen LogP contribution in [0.3, 0.4) is 0 Å². The molecule has 7 nitrogen and oxygen atoms in total. The van der Waals surface area contributed by atoms with Gasteiger partial charge in [-0.25, -0.2) is 10.2 Å². The second-order valence-electron chi connectivity index (χ2n) is 6.95. The number of halogens is 1. The highest BCUT2D eigenvalue weighted by Gasteiger charge is 2.30. The van der Waals surface area contributed by atoms with Crippen LogP contribution in [-0.2, 0) is 27.2 Å². The molecule has 1 aromatic carbocycles. The van der Waals surface area contributed by atoms with Crippen LogP contribution in [0.15, 0.2) is 29.4 Å². The molecular formula is C21H22ClN3O4S. The summed E-state index contributed by atoms with van der Waals surface area (Å²) in [5.41, 5.74) is 4.03. The molecule has 1 aliphatic carbocycles. The first-order valence-corrected chi connectivity index (χ1v) is 10.8. The van der Waals surface area contributed by atoms with Crippen molar-refractivity contribution >= 4 is 51.9 Å². The number of carbonyl (C=O) groups excluding carboxylic acids is 3. The number of hydrogen-bond acceptors (Lipinski definition) is 6. The third kappa shape index (κ3) is 5.06. The first kappa shape index (κ1) is 22.0. The largest absolute Gasteiger partial charge is 0.462 e. The van der Waals surface area contributed by atoms with Crippen LogP contribution in [0.2, 0.25) is 5.02 Å². The minimum Gasteiger partial charge on any atom is -0.462 e. The fourth-order valence-electron chi connectivity index (χ4n) is 3.21. The summed E-state index contributed by atoms with van der Waals surface area (Å²) in [6.07, 6.45) is 3.88.